The Morgan fingerprint density at radius 2 is 2.21 bits per heavy atom. The van der Waals surface area contributed by atoms with E-state index >= 15 is 0 Å². The highest BCUT2D eigenvalue weighted by Gasteiger charge is 2.04. The van der Waals surface area contributed by atoms with Crippen molar-refractivity contribution < 1.29 is 14.3 Å². The summed E-state index contributed by atoms with van der Waals surface area (Å²) in [5, 5.41) is 8.59. The average Bonchev–Trinajstić information content (AvgIpc) is 2.09. The van der Waals surface area contributed by atoms with Gasteiger partial charge in [0.15, 0.2) is 0 Å². The molecule has 1 rings (SSSR count). The maximum absolute atomic E-state index is 13.2. The Kier molecular flexibility index (Phi) is 3.41. The fourth-order valence-electron chi connectivity index (χ4n) is 0.914. The predicted octanol–water partition coefficient (Wildman–Crippen LogP) is 3.08. The Hall–Kier alpha value is -1.16. The van der Waals surface area contributed by atoms with Gasteiger partial charge in [0, 0.05) is 15.6 Å². The van der Waals surface area contributed by atoms with Crippen molar-refractivity contribution in [3.63, 3.8) is 0 Å². The highest BCUT2D eigenvalue weighted by molar-refractivity contribution is 9.10. The lowest BCUT2D eigenvalue weighted by molar-refractivity contribution is -0.132. The van der Waals surface area contributed by atoms with Gasteiger partial charge in [0.25, 0.3) is 0 Å². The second-order valence-electron chi connectivity index (χ2n) is 2.80. The molecule has 0 radical (unpaired) electrons. The van der Waals surface area contributed by atoms with Gasteiger partial charge >= 0.3 is 5.97 Å². The van der Waals surface area contributed by atoms with E-state index in [4.69, 9.17) is 5.11 Å². The summed E-state index contributed by atoms with van der Waals surface area (Å²) in [6.07, 6.45) is 1.30. The molecule has 1 aromatic rings. The maximum atomic E-state index is 13.2. The van der Waals surface area contributed by atoms with Crippen LogP contribution in [-0.4, -0.2) is 11.1 Å². The molecule has 0 aliphatic heterocycles. The summed E-state index contributed by atoms with van der Waals surface area (Å²) < 4.78 is 13.8. The van der Waals surface area contributed by atoms with Gasteiger partial charge in [-0.05, 0) is 25.1 Å². The van der Waals surface area contributed by atoms with Gasteiger partial charge in [-0.3, -0.25) is 0 Å². The summed E-state index contributed by atoms with van der Waals surface area (Å²) in [7, 11) is 0. The van der Waals surface area contributed by atoms with Crippen molar-refractivity contribution in [2.45, 2.75) is 6.92 Å². The fourth-order valence-corrected chi connectivity index (χ4v) is 1.25. The summed E-state index contributed by atoms with van der Waals surface area (Å²) >= 11 is 3.11. The highest BCUT2D eigenvalue weighted by Crippen LogP contribution is 2.17. The van der Waals surface area contributed by atoms with Gasteiger partial charge in [-0.2, -0.15) is 0 Å². The first-order valence-electron chi connectivity index (χ1n) is 3.87. The van der Waals surface area contributed by atoms with Crippen LogP contribution in [0.1, 0.15) is 12.5 Å². The third kappa shape index (κ3) is 2.67. The van der Waals surface area contributed by atoms with Gasteiger partial charge in [-0.1, -0.05) is 22.0 Å². The summed E-state index contributed by atoms with van der Waals surface area (Å²) in [5.74, 6) is -1.49. The van der Waals surface area contributed by atoms with E-state index in [0.29, 0.717) is 4.47 Å². The van der Waals surface area contributed by atoms with Crippen LogP contribution < -0.4 is 0 Å². The summed E-state index contributed by atoms with van der Waals surface area (Å²) in [5.41, 5.74) is 0.374. The molecule has 4 heteroatoms. The lowest BCUT2D eigenvalue weighted by Crippen LogP contribution is -1.96. The van der Waals surface area contributed by atoms with Gasteiger partial charge in [-0.15, -0.1) is 0 Å². The molecule has 0 atom stereocenters. The molecule has 74 valence electrons. The Morgan fingerprint density at radius 3 is 2.71 bits per heavy atom. The first-order chi connectivity index (χ1) is 6.50. The minimum absolute atomic E-state index is 0.103. The van der Waals surface area contributed by atoms with E-state index < -0.39 is 11.8 Å². The standard InChI is InChI=1S/C10H8BrFO2/c1-6(10(13)14)4-7-2-3-8(11)5-9(7)12/h2-5H,1H3,(H,13,14). The molecule has 14 heavy (non-hydrogen) atoms. The molecule has 0 saturated carbocycles. The van der Waals surface area contributed by atoms with E-state index in [-0.39, 0.29) is 11.1 Å². The smallest absolute Gasteiger partial charge is 0.331 e. The second kappa shape index (κ2) is 4.37. The summed E-state index contributed by atoms with van der Waals surface area (Å²) in [6.45, 7) is 1.42. The molecule has 0 bridgehead atoms. The third-order valence-corrected chi connectivity index (χ3v) is 2.17. The van der Waals surface area contributed by atoms with Crippen molar-refractivity contribution in [2.75, 3.05) is 0 Å². The molecule has 1 N–H and O–H groups in total. The number of rotatable bonds is 2. The highest BCUT2D eigenvalue weighted by atomic mass is 79.9. The average molecular weight is 259 g/mol. The molecule has 0 saturated heterocycles. The summed E-state index contributed by atoms with van der Waals surface area (Å²) in [6, 6.07) is 4.47. The minimum atomic E-state index is -1.05. The number of carboxylic acid groups (broad SMARTS) is 1. The first-order valence-corrected chi connectivity index (χ1v) is 4.66. The summed E-state index contributed by atoms with van der Waals surface area (Å²) in [4.78, 5) is 10.5. The number of hydrogen-bond donors (Lipinski definition) is 1. The van der Waals surface area contributed by atoms with E-state index in [0.717, 1.165) is 0 Å². The lowest BCUT2D eigenvalue weighted by Gasteiger charge is -1.98. The van der Waals surface area contributed by atoms with Gasteiger partial charge in [-0.25, -0.2) is 9.18 Å². The third-order valence-electron chi connectivity index (χ3n) is 1.67. The maximum Gasteiger partial charge on any atom is 0.331 e. The van der Waals surface area contributed by atoms with E-state index in [1.807, 2.05) is 0 Å². The second-order valence-corrected chi connectivity index (χ2v) is 3.71. The molecule has 0 unspecified atom stereocenters. The Labute approximate surface area is 89.2 Å². The van der Waals surface area contributed by atoms with E-state index in [1.54, 1.807) is 6.07 Å². The van der Waals surface area contributed by atoms with Gasteiger partial charge in [0.2, 0.25) is 0 Å². The number of halogens is 2. The Morgan fingerprint density at radius 1 is 1.57 bits per heavy atom. The molecule has 0 aliphatic rings. The van der Waals surface area contributed by atoms with Crippen molar-refractivity contribution in [3.05, 3.63) is 39.6 Å². The largest absolute Gasteiger partial charge is 0.478 e. The van der Waals surface area contributed by atoms with E-state index in [2.05, 4.69) is 15.9 Å². The van der Waals surface area contributed by atoms with Crippen LogP contribution in [0, 0.1) is 5.82 Å². The van der Waals surface area contributed by atoms with Crippen LogP contribution >= 0.6 is 15.9 Å². The van der Waals surface area contributed by atoms with Crippen LogP contribution in [0.25, 0.3) is 6.08 Å². The molecule has 0 fully saturated rings. The first kappa shape index (κ1) is 10.9. The SMILES string of the molecule is CC(=Cc1ccc(Br)cc1F)C(=O)O. The molecule has 0 heterocycles. The minimum Gasteiger partial charge on any atom is -0.478 e. The normalized spacial score (nSPS) is 11.5. The molecular formula is C10H8BrFO2. The number of carbonyl (C=O) groups is 1. The lowest BCUT2D eigenvalue weighted by atomic mass is 10.1. The van der Waals surface area contributed by atoms with Gasteiger partial charge in [0.05, 0.1) is 0 Å². The molecular weight excluding hydrogens is 251 g/mol. The fraction of sp³-hybridized carbons (Fsp3) is 0.100. The van der Waals surface area contributed by atoms with Gasteiger partial charge < -0.3 is 5.11 Å². The number of hydrogen-bond acceptors (Lipinski definition) is 1. The van der Waals surface area contributed by atoms with Crippen LogP contribution in [0.3, 0.4) is 0 Å². The zero-order valence-electron chi connectivity index (χ0n) is 7.42. The van der Waals surface area contributed by atoms with E-state index in [1.165, 1.54) is 25.1 Å². The van der Waals surface area contributed by atoms with Crippen molar-refractivity contribution in [1.82, 2.24) is 0 Å². The topological polar surface area (TPSA) is 37.3 Å². The predicted molar refractivity (Wildman–Crippen MR) is 55.4 cm³/mol. The quantitative estimate of drug-likeness (QED) is 0.828. The molecule has 0 spiro atoms. The molecule has 0 amide bonds. The van der Waals surface area contributed by atoms with Crippen LogP contribution in [-0.2, 0) is 4.79 Å². The van der Waals surface area contributed by atoms with Crippen molar-refractivity contribution in [1.29, 1.82) is 0 Å². The Balaban J connectivity index is 3.09. The zero-order chi connectivity index (χ0) is 10.7. The van der Waals surface area contributed by atoms with Crippen LogP contribution in [0.2, 0.25) is 0 Å². The number of benzene rings is 1. The molecule has 1 aromatic carbocycles. The molecule has 2 nitrogen and oxygen atoms in total. The van der Waals surface area contributed by atoms with Gasteiger partial charge in [0.1, 0.15) is 5.82 Å². The molecule has 0 aromatic heterocycles. The van der Waals surface area contributed by atoms with Crippen LogP contribution in [0.5, 0.6) is 0 Å². The van der Waals surface area contributed by atoms with Crippen molar-refractivity contribution in [2.24, 2.45) is 0 Å². The molecule has 0 aliphatic carbocycles. The van der Waals surface area contributed by atoms with Crippen molar-refractivity contribution in [3.8, 4) is 0 Å². The van der Waals surface area contributed by atoms with Crippen LogP contribution in [0.15, 0.2) is 28.2 Å². The van der Waals surface area contributed by atoms with Crippen molar-refractivity contribution >= 4 is 28.0 Å². The number of aliphatic carboxylic acids is 1. The number of carboxylic acids is 1. The Bertz CT molecular complexity index is 399. The van der Waals surface area contributed by atoms with Crippen LogP contribution in [0.4, 0.5) is 4.39 Å². The zero-order valence-corrected chi connectivity index (χ0v) is 9.01. The monoisotopic (exact) mass is 258 g/mol. The van der Waals surface area contributed by atoms with E-state index in [9.17, 15) is 9.18 Å².